The zero-order valence-corrected chi connectivity index (χ0v) is 27.7. The molecule has 43 heavy (non-hydrogen) atoms. The van der Waals surface area contributed by atoms with E-state index in [0.717, 1.165) is 94.5 Å². The standard InChI is InChI=1S/C32H34ClIN4O4S/c1-43(39,40)37-16-13-31-29(22-37)32(35-38(31)15-2-14-36-17-19-41-20-18-36)24-5-12-30(33)28(21-24)23-3-8-26(9-4-23)42-27-10-6-25(34)7-11-27/h3-12,21H,2,13-20,22H2,1H3. The van der Waals surface area contributed by atoms with Gasteiger partial charge in [-0.1, -0.05) is 29.8 Å². The number of nitrogens with zero attached hydrogens (tertiary/aromatic N) is 4. The summed E-state index contributed by atoms with van der Waals surface area (Å²) in [5.41, 5.74) is 5.65. The van der Waals surface area contributed by atoms with Crippen molar-refractivity contribution < 1.29 is 17.9 Å². The van der Waals surface area contributed by atoms with Crippen molar-refractivity contribution >= 4 is 44.2 Å². The van der Waals surface area contributed by atoms with Gasteiger partial charge in [-0.15, -0.1) is 0 Å². The van der Waals surface area contributed by atoms with E-state index >= 15 is 0 Å². The van der Waals surface area contributed by atoms with Gasteiger partial charge in [0.25, 0.3) is 0 Å². The fourth-order valence-corrected chi connectivity index (χ4v) is 7.04. The summed E-state index contributed by atoms with van der Waals surface area (Å²) in [5.74, 6) is 1.52. The van der Waals surface area contributed by atoms with Gasteiger partial charge < -0.3 is 9.47 Å². The molecule has 0 saturated carbocycles. The Morgan fingerprint density at radius 1 is 0.930 bits per heavy atom. The van der Waals surface area contributed by atoms with Gasteiger partial charge in [-0.25, -0.2) is 8.42 Å². The minimum atomic E-state index is -3.33. The Morgan fingerprint density at radius 3 is 2.30 bits per heavy atom. The molecule has 0 aliphatic carbocycles. The Bertz CT molecular complexity index is 1690. The second kappa shape index (κ2) is 13.3. The van der Waals surface area contributed by atoms with Crippen molar-refractivity contribution in [3.8, 4) is 33.9 Å². The van der Waals surface area contributed by atoms with Crippen LogP contribution in [0.15, 0.2) is 66.7 Å². The molecule has 6 rings (SSSR count). The predicted molar refractivity (Wildman–Crippen MR) is 178 cm³/mol. The molecule has 2 aliphatic rings. The van der Waals surface area contributed by atoms with Gasteiger partial charge in [0.15, 0.2) is 0 Å². The highest BCUT2D eigenvalue weighted by molar-refractivity contribution is 14.1. The van der Waals surface area contributed by atoms with E-state index in [1.807, 2.05) is 60.7 Å². The first-order valence-corrected chi connectivity index (χ1v) is 17.7. The molecule has 8 nitrogen and oxygen atoms in total. The molecule has 0 atom stereocenters. The SMILES string of the molecule is CS(=O)(=O)N1CCc2c(c(-c3ccc(Cl)c(-c4ccc(Oc5ccc(I)cc5)cc4)c3)nn2CCCN2CCOCC2)C1. The van der Waals surface area contributed by atoms with Crippen LogP contribution in [-0.2, 0) is 34.3 Å². The molecule has 226 valence electrons. The Labute approximate surface area is 271 Å². The maximum Gasteiger partial charge on any atom is 0.211 e. The van der Waals surface area contributed by atoms with E-state index in [9.17, 15) is 8.42 Å². The average molecular weight is 733 g/mol. The summed E-state index contributed by atoms with van der Waals surface area (Å²) in [6.45, 7) is 6.01. The van der Waals surface area contributed by atoms with Gasteiger partial charge in [0.1, 0.15) is 11.5 Å². The minimum Gasteiger partial charge on any atom is -0.457 e. The number of aromatic nitrogens is 2. The van der Waals surface area contributed by atoms with Crippen molar-refractivity contribution in [3.05, 3.63) is 86.6 Å². The van der Waals surface area contributed by atoms with Gasteiger partial charge in [0.2, 0.25) is 10.0 Å². The molecular weight excluding hydrogens is 699 g/mol. The van der Waals surface area contributed by atoms with Gasteiger partial charge in [-0.05, 0) is 83.1 Å². The summed E-state index contributed by atoms with van der Waals surface area (Å²) in [5, 5.41) is 5.71. The lowest BCUT2D eigenvalue weighted by molar-refractivity contribution is 0.0368. The lowest BCUT2D eigenvalue weighted by atomic mass is 9.98. The largest absolute Gasteiger partial charge is 0.457 e. The molecule has 1 fully saturated rings. The highest BCUT2D eigenvalue weighted by Crippen LogP contribution is 2.37. The van der Waals surface area contributed by atoms with Crippen LogP contribution < -0.4 is 4.74 Å². The van der Waals surface area contributed by atoms with Crippen LogP contribution in [0.4, 0.5) is 0 Å². The maximum absolute atomic E-state index is 12.5. The van der Waals surface area contributed by atoms with Crippen molar-refractivity contribution in [3.63, 3.8) is 0 Å². The number of sulfonamides is 1. The van der Waals surface area contributed by atoms with E-state index in [1.165, 1.54) is 6.26 Å². The Morgan fingerprint density at radius 2 is 1.60 bits per heavy atom. The smallest absolute Gasteiger partial charge is 0.211 e. The fourth-order valence-electron chi connectivity index (χ4n) is 5.67. The average Bonchev–Trinajstić information content (AvgIpc) is 3.37. The normalized spacial score (nSPS) is 16.3. The quantitative estimate of drug-likeness (QED) is 0.188. The number of hydrogen-bond donors (Lipinski definition) is 0. The number of benzene rings is 3. The number of aryl methyl sites for hydroxylation is 1. The lowest BCUT2D eigenvalue weighted by Gasteiger charge is -2.27. The third-order valence-corrected chi connectivity index (χ3v) is 10.3. The Kier molecular flexibility index (Phi) is 9.41. The summed E-state index contributed by atoms with van der Waals surface area (Å²) >= 11 is 8.99. The predicted octanol–water partition coefficient (Wildman–Crippen LogP) is 6.31. The van der Waals surface area contributed by atoms with Crippen LogP contribution >= 0.6 is 34.2 Å². The van der Waals surface area contributed by atoms with Gasteiger partial charge in [-0.2, -0.15) is 9.40 Å². The van der Waals surface area contributed by atoms with E-state index < -0.39 is 10.0 Å². The van der Waals surface area contributed by atoms with Crippen LogP contribution in [0.25, 0.3) is 22.4 Å². The number of halogens is 2. The number of fused-ring (bicyclic) bond motifs is 1. The van der Waals surface area contributed by atoms with Gasteiger partial charge in [0, 0.05) is 76.7 Å². The molecule has 0 amide bonds. The highest BCUT2D eigenvalue weighted by Gasteiger charge is 2.30. The molecule has 3 aromatic carbocycles. The first-order chi connectivity index (χ1) is 20.7. The van der Waals surface area contributed by atoms with Crippen LogP contribution in [0.1, 0.15) is 17.7 Å². The van der Waals surface area contributed by atoms with E-state index in [-0.39, 0.29) is 0 Å². The molecule has 3 heterocycles. The molecule has 0 N–H and O–H groups in total. The molecule has 1 saturated heterocycles. The van der Waals surface area contributed by atoms with Crippen molar-refractivity contribution in [1.29, 1.82) is 0 Å². The van der Waals surface area contributed by atoms with Crippen molar-refractivity contribution in [1.82, 2.24) is 19.0 Å². The molecule has 0 spiro atoms. The summed E-state index contributed by atoms with van der Waals surface area (Å²) in [7, 11) is -3.33. The fraction of sp³-hybridized carbons (Fsp3) is 0.344. The van der Waals surface area contributed by atoms with Gasteiger partial charge in [-0.3, -0.25) is 9.58 Å². The summed E-state index contributed by atoms with van der Waals surface area (Å²) in [6.07, 6.45) is 2.87. The van der Waals surface area contributed by atoms with Crippen LogP contribution in [0.2, 0.25) is 5.02 Å². The zero-order chi connectivity index (χ0) is 30.0. The topological polar surface area (TPSA) is 76.9 Å². The van der Waals surface area contributed by atoms with Gasteiger partial charge in [0.05, 0.1) is 25.2 Å². The zero-order valence-electron chi connectivity index (χ0n) is 24.0. The Hall–Kier alpha value is -2.48. The minimum absolute atomic E-state index is 0.315. The lowest BCUT2D eigenvalue weighted by Crippen LogP contribution is -2.37. The van der Waals surface area contributed by atoms with E-state index in [0.29, 0.717) is 24.5 Å². The molecular formula is C32H34ClIN4O4S. The molecule has 4 aromatic rings. The Balaban J connectivity index is 1.28. The first kappa shape index (κ1) is 30.5. The second-order valence-corrected chi connectivity index (χ2v) is 14.6. The summed E-state index contributed by atoms with van der Waals surface area (Å²) < 4.78 is 41.3. The maximum atomic E-state index is 12.5. The van der Waals surface area contributed by atoms with Crippen molar-refractivity contribution in [2.75, 3.05) is 45.6 Å². The van der Waals surface area contributed by atoms with E-state index in [2.05, 4.69) is 38.2 Å². The third-order valence-electron chi connectivity index (χ3n) is 7.97. The first-order valence-electron chi connectivity index (χ1n) is 14.4. The second-order valence-electron chi connectivity index (χ2n) is 10.9. The number of morpholine rings is 1. The number of hydrogen-bond acceptors (Lipinski definition) is 6. The third kappa shape index (κ3) is 7.26. The van der Waals surface area contributed by atoms with Gasteiger partial charge >= 0.3 is 0 Å². The van der Waals surface area contributed by atoms with Crippen molar-refractivity contribution in [2.24, 2.45) is 0 Å². The van der Waals surface area contributed by atoms with Crippen LogP contribution in [0, 0.1) is 3.57 Å². The molecule has 1 aromatic heterocycles. The van der Waals surface area contributed by atoms with Crippen molar-refractivity contribution in [2.45, 2.75) is 25.9 Å². The molecule has 2 aliphatic heterocycles. The molecule has 0 radical (unpaired) electrons. The number of rotatable bonds is 9. The van der Waals surface area contributed by atoms with Crippen LogP contribution in [0.5, 0.6) is 11.5 Å². The molecule has 11 heteroatoms. The van der Waals surface area contributed by atoms with E-state index in [4.69, 9.17) is 26.2 Å². The molecule has 0 unspecified atom stereocenters. The summed E-state index contributed by atoms with van der Waals surface area (Å²) in [6, 6.07) is 21.7. The highest BCUT2D eigenvalue weighted by atomic mass is 127. The monoisotopic (exact) mass is 732 g/mol. The summed E-state index contributed by atoms with van der Waals surface area (Å²) in [4.78, 5) is 2.42. The van der Waals surface area contributed by atoms with E-state index in [1.54, 1.807) is 4.31 Å². The molecule has 0 bridgehead atoms. The van der Waals surface area contributed by atoms with Crippen LogP contribution in [-0.4, -0.2) is 73.1 Å². The number of ether oxygens (including phenoxy) is 2. The van der Waals surface area contributed by atoms with Crippen LogP contribution in [0.3, 0.4) is 0 Å².